The molecule has 0 radical (unpaired) electrons. The Labute approximate surface area is 120 Å². The zero-order valence-electron chi connectivity index (χ0n) is 12.9. The Hall–Kier alpha value is -1.77. The second kappa shape index (κ2) is 5.70. The van der Waals surface area contributed by atoms with Gasteiger partial charge >= 0.3 is 5.97 Å². The number of hydrogen-bond donors (Lipinski definition) is 0. The zero-order valence-corrected chi connectivity index (χ0v) is 12.9. The number of aromatic nitrogens is 1. The van der Waals surface area contributed by atoms with Crippen LogP contribution < -0.4 is 0 Å². The van der Waals surface area contributed by atoms with E-state index in [2.05, 4.69) is 38.1 Å². The summed E-state index contributed by atoms with van der Waals surface area (Å²) in [6.45, 7) is 9.97. The van der Waals surface area contributed by atoms with E-state index in [0.717, 1.165) is 5.52 Å². The van der Waals surface area contributed by atoms with Gasteiger partial charge in [0, 0.05) is 11.7 Å². The van der Waals surface area contributed by atoms with Gasteiger partial charge in [0.1, 0.15) is 6.04 Å². The van der Waals surface area contributed by atoms with E-state index in [1.807, 2.05) is 31.5 Å². The van der Waals surface area contributed by atoms with Gasteiger partial charge in [-0.2, -0.15) is 0 Å². The number of carbonyl (C=O) groups excluding carboxylic acids is 1. The lowest BCUT2D eigenvalue weighted by Crippen LogP contribution is -2.21. The number of benzene rings is 1. The van der Waals surface area contributed by atoms with Crippen LogP contribution in [0.1, 0.15) is 52.1 Å². The minimum Gasteiger partial charge on any atom is -0.461 e. The summed E-state index contributed by atoms with van der Waals surface area (Å²) in [6, 6.07) is 8.16. The molecule has 2 rings (SSSR count). The number of rotatable bonds is 4. The van der Waals surface area contributed by atoms with E-state index < -0.39 is 0 Å². The Kier molecular flexibility index (Phi) is 4.17. The Morgan fingerprint density at radius 1 is 1.10 bits per heavy atom. The van der Waals surface area contributed by atoms with Gasteiger partial charge in [0.05, 0.1) is 6.10 Å². The standard InChI is InChI=1S/C17H23NO2/c1-11(2)14-6-7-16-15(10-14)8-9-18(16)13(5)17(19)20-12(3)4/h6-13H,1-5H3. The van der Waals surface area contributed by atoms with Crippen LogP contribution >= 0.6 is 0 Å². The number of fused-ring (bicyclic) bond motifs is 1. The predicted octanol–water partition coefficient (Wildman–Crippen LogP) is 4.28. The largest absolute Gasteiger partial charge is 0.461 e. The molecule has 1 atom stereocenters. The van der Waals surface area contributed by atoms with Gasteiger partial charge < -0.3 is 9.30 Å². The highest BCUT2D eigenvalue weighted by molar-refractivity contribution is 5.84. The molecule has 0 aliphatic heterocycles. The summed E-state index contributed by atoms with van der Waals surface area (Å²) in [7, 11) is 0. The lowest BCUT2D eigenvalue weighted by molar-refractivity contribution is -0.150. The van der Waals surface area contributed by atoms with Gasteiger partial charge in [-0.05, 0) is 55.8 Å². The fraction of sp³-hybridized carbons (Fsp3) is 0.471. The number of nitrogens with zero attached hydrogens (tertiary/aromatic N) is 1. The third kappa shape index (κ3) is 2.87. The quantitative estimate of drug-likeness (QED) is 0.779. The number of ether oxygens (including phenoxy) is 1. The molecule has 0 N–H and O–H groups in total. The highest BCUT2D eigenvalue weighted by Crippen LogP contribution is 2.25. The van der Waals surface area contributed by atoms with Crippen molar-refractivity contribution in [2.45, 2.75) is 52.7 Å². The van der Waals surface area contributed by atoms with Crippen molar-refractivity contribution in [1.29, 1.82) is 0 Å². The summed E-state index contributed by atoms with van der Waals surface area (Å²) >= 11 is 0. The monoisotopic (exact) mass is 273 g/mol. The van der Waals surface area contributed by atoms with Gasteiger partial charge in [0.25, 0.3) is 0 Å². The molecule has 3 heteroatoms. The average molecular weight is 273 g/mol. The maximum Gasteiger partial charge on any atom is 0.329 e. The molecule has 108 valence electrons. The van der Waals surface area contributed by atoms with Crippen molar-refractivity contribution in [1.82, 2.24) is 4.57 Å². The molecular formula is C17H23NO2. The topological polar surface area (TPSA) is 31.2 Å². The Bertz CT molecular complexity index is 610. The first-order valence-corrected chi connectivity index (χ1v) is 7.21. The van der Waals surface area contributed by atoms with Crippen molar-refractivity contribution in [3.8, 4) is 0 Å². The van der Waals surface area contributed by atoms with E-state index in [1.54, 1.807) is 0 Å². The molecule has 0 aliphatic carbocycles. The minimum atomic E-state index is -0.306. The molecular weight excluding hydrogens is 250 g/mol. The maximum atomic E-state index is 12.0. The molecule has 0 amide bonds. The van der Waals surface area contributed by atoms with Gasteiger partial charge in [-0.1, -0.05) is 19.9 Å². The maximum absolute atomic E-state index is 12.0. The van der Waals surface area contributed by atoms with Crippen LogP contribution in [0.25, 0.3) is 10.9 Å². The first-order valence-electron chi connectivity index (χ1n) is 7.21. The molecule has 1 aromatic carbocycles. The van der Waals surface area contributed by atoms with Crippen molar-refractivity contribution in [3.63, 3.8) is 0 Å². The summed E-state index contributed by atoms with van der Waals surface area (Å²) in [5.74, 6) is 0.316. The number of esters is 1. The summed E-state index contributed by atoms with van der Waals surface area (Å²) in [5.41, 5.74) is 2.38. The van der Waals surface area contributed by atoms with Crippen LogP contribution in [0.5, 0.6) is 0 Å². The van der Waals surface area contributed by atoms with Gasteiger partial charge in [0.15, 0.2) is 0 Å². The smallest absolute Gasteiger partial charge is 0.329 e. The lowest BCUT2D eigenvalue weighted by Gasteiger charge is -2.16. The molecule has 0 bridgehead atoms. The summed E-state index contributed by atoms with van der Waals surface area (Å²) in [5, 5.41) is 1.17. The zero-order chi connectivity index (χ0) is 14.9. The molecule has 0 spiro atoms. The van der Waals surface area contributed by atoms with Gasteiger partial charge in [-0.15, -0.1) is 0 Å². The summed E-state index contributed by atoms with van der Waals surface area (Å²) < 4.78 is 7.26. The Morgan fingerprint density at radius 2 is 1.80 bits per heavy atom. The third-order valence-electron chi connectivity index (χ3n) is 3.52. The molecule has 0 fully saturated rings. The second-order valence-corrected chi connectivity index (χ2v) is 5.86. The van der Waals surface area contributed by atoms with Crippen LogP contribution in [-0.2, 0) is 9.53 Å². The lowest BCUT2D eigenvalue weighted by atomic mass is 10.0. The fourth-order valence-electron chi connectivity index (χ4n) is 2.32. The normalized spacial score (nSPS) is 13.2. The molecule has 1 aromatic heterocycles. The van der Waals surface area contributed by atoms with Crippen molar-refractivity contribution in [2.24, 2.45) is 0 Å². The van der Waals surface area contributed by atoms with Crippen molar-refractivity contribution < 1.29 is 9.53 Å². The molecule has 0 saturated carbocycles. The molecule has 2 aromatic rings. The predicted molar refractivity (Wildman–Crippen MR) is 82.0 cm³/mol. The van der Waals surface area contributed by atoms with E-state index in [1.165, 1.54) is 10.9 Å². The number of hydrogen-bond acceptors (Lipinski definition) is 2. The Morgan fingerprint density at radius 3 is 2.40 bits per heavy atom. The van der Waals surface area contributed by atoms with Crippen molar-refractivity contribution in [3.05, 3.63) is 36.0 Å². The molecule has 0 aliphatic rings. The highest BCUT2D eigenvalue weighted by Gasteiger charge is 2.19. The van der Waals surface area contributed by atoms with Crippen molar-refractivity contribution >= 4 is 16.9 Å². The van der Waals surface area contributed by atoms with Crippen LogP contribution in [0.3, 0.4) is 0 Å². The number of carbonyl (C=O) groups is 1. The second-order valence-electron chi connectivity index (χ2n) is 5.86. The van der Waals surface area contributed by atoms with Crippen LogP contribution in [0.4, 0.5) is 0 Å². The summed E-state index contributed by atoms with van der Waals surface area (Å²) in [4.78, 5) is 12.0. The van der Waals surface area contributed by atoms with Crippen LogP contribution in [0, 0.1) is 0 Å². The van der Waals surface area contributed by atoms with Gasteiger partial charge in [-0.25, -0.2) is 4.79 Å². The van der Waals surface area contributed by atoms with Gasteiger partial charge in [-0.3, -0.25) is 0 Å². The van der Waals surface area contributed by atoms with Crippen molar-refractivity contribution in [2.75, 3.05) is 0 Å². The van der Waals surface area contributed by atoms with E-state index in [-0.39, 0.29) is 18.1 Å². The third-order valence-corrected chi connectivity index (χ3v) is 3.52. The van der Waals surface area contributed by atoms with E-state index in [9.17, 15) is 4.79 Å². The van der Waals surface area contributed by atoms with E-state index in [4.69, 9.17) is 4.74 Å². The fourth-order valence-corrected chi connectivity index (χ4v) is 2.32. The molecule has 1 unspecified atom stereocenters. The minimum absolute atomic E-state index is 0.0840. The SMILES string of the molecule is CC(C)OC(=O)C(C)n1ccc2cc(C(C)C)ccc21. The van der Waals surface area contributed by atoms with Crippen LogP contribution in [-0.4, -0.2) is 16.6 Å². The first-order chi connectivity index (χ1) is 9.40. The van der Waals surface area contributed by atoms with E-state index in [0.29, 0.717) is 5.92 Å². The molecule has 0 saturated heterocycles. The van der Waals surface area contributed by atoms with E-state index >= 15 is 0 Å². The molecule has 20 heavy (non-hydrogen) atoms. The molecule has 3 nitrogen and oxygen atoms in total. The Balaban J connectivity index is 2.34. The van der Waals surface area contributed by atoms with Crippen LogP contribution in [0.2, 0.25) is 0 Å². The van der Waals surface area contributed by atoms with Crippen LogP contribution in [0.15, 0.2) is 30.5 Å². The van der Waals surface area contributed by atoms with Gasteiger partial charge in [0.2, 0.25) is 0 Å². The molecule has 1 heterocycles. The summed E-state index contributed by atoms with van der Waals surface area (Å²) in [6.07, 6.45) is 1.88. The average Bonchev–Trinajstić information content (AvgIpc) is 2.79. The highest BCUT2D eigenvalue weighted by atomic mass is 16.5. The first kappa shape index (κ1) is 14.6.